The molecular formula is C22H24N4O4. The third kappa shape index (κ3) is 4.83. The first-order chi connectivity index (χ1) is 14.4. The lowest BCUT2D eigenvalue weighted by Crippen LogP contribution is -1.86. The maximum absolute atomic E-state index is 10.6. The molecule has 2 aromatic carbocycles. The number of nitro benzene ring substituents is 2. The van der Waals surface area contributed by atoms with Crippen LogP contribution >= 0.6 is 0 Å². The summed E-state index contributed by atoms with van der Waals surface area (Å²) in [4.78, 5) is 26.8. The van der Waals surface area contributed by atoms with E-state index in [1.54, 1.807) is 24.3 Å². The minimum atomic E-state index is -0.375. The first kappa shape index (κ1) is 21.0. The fourth-order valence-electron chi connectivity index (χ4n) is 3.39. The molecule has 0 atom stereocenters. The Morgan fingerprint density at radius 1 is 0.700 bits per heavy atom. The van der Waals surface area contributed by atoms with Crippen LogP contribution in [0.15, 0.2) is 48.5 Å². The molecule has 0 amide bonds. The Balaban J connectivity index is 0.000000171. The monoisotopic (exact) mass is 408 g/mol. The third-order valence-electron chi connectivity index (χ3n) is 4.78. The van der Waals surface area contributed by atoms with E-state index >= 15 is 0 Å². The molecule has 2 aromatic heterocycles. The van der Waals surface area contributed by atoms with Gasteiger partial charge in [-0.2, -0.15) is 0 Å². The number of nitrogens with one attached hydrogen (secondary N) is 2. The van der Waals surface area contributed by atoms with Crippen molar-refractivity contribution in [3.05, 3.63) is 80.1 Å². The number of rotatable bonds is 6. The predicted octanol–water partition coefficient (Wildman–Crippen LogP) is 6.06. The molecule has 4 rings (SSSR count). The molecule has 0 radical (unpaired) electrons. The topological polar surface area (TPSA) is 118 Å². The summed E-state index contributed by atoms with van der Waals surface area (Å²) < 4.78 is 0. The van der Waals surface area contributed by atoms with Crippen molar-refractivity contribution in [1.82, 2.24) is 9.97 Å². The van der Waals surface area contributed by atoms with Crippen molar-refractivity contribution in [2.45, 2.75) is 39.5 Å². The van der Waals surface area contributed by atoms with Gasteiger partial charge in [-0.15, -0.1) is 0 Å². The van der Waals surface area contributed by atoms with Crippen LogP contribution < -0.4 is 0 Å². The maximum Gasteiger partial charge on any atom is 0.271 e. The highest BCUT2D eigenvalue weighted by Gasteiger charge is 2.08. The van der Waals surface area contributed by atoms with Gasteiger partial charge in [-0.25, -0.2) is 0 Å². The molecule has 0 aliphatic heterocycles. The van der Waals surface area contributed by atoms with E-state index in [0.29, 0.717) is 0 Å². The number of hydrogen-bond donors (Lipinski definition) is 2. The molecule has 0 saturated carbocycles. The first-order valence-corrected chi connectivity index (χ1v) is 9.93. The van der Waals surface area contributed by atoms with Gasteiger partial charge in [0.15, 0.2) is 0 Å². The summed E-state index contributed by atoms with van der Waals surface area (Å²) in [5.41, 5.74) is 4.21. The SMILES string of the molecule is CCCc1cc2ccc([N+](=O)[O-])cc2[nH]1.CCCc1cc2ccc([N+](=O)[O-])cc2[nH]1. The Morgan fingerprint density at radius 3 is 1.43 bits per heavy atom. The summed E-state index contributed by atoms with van der Waals surface area (Å²) in [7, 11) is 0. The summed E-state index contributed by atoms with van der Waals surface area (Å²) in [6, 6.07) is 13.9. The van der Waals surface area contributed by atoms with Crippen LogP contribution in [0.4, 0.5) is 11.4 Å². The number of aryl methyl sites for hydroxylation is 2. The van der Waals surface area contributed by atoms with E-state index in [0.717, 1.165) is 58.9 Å². The van der Waals surface area contributed by atoms with Crippen LogP contribution in [0.3, 0.4) is 0 Å². The minimum Gasteiger partial charge on any atom is -0.358 e. The van der Waals surface area contributed by atoms with Gasteiger partial charge in [0.05, 0.1) is 20.9 Å². The molecule has 0 aliphatic carbocycles. The third-order valence-corrected chi connectivity index (χ3v) is 4.78. The van der Waals surface area contributed by atoms with Gasteiger partial charge in [-0.3, -0.25) is 20.2 Å². The predicted molar refractivity (Wildman–Crippen MR) is 118 cm³/mol. The molecule has 2 heterocycles. The van der Waals surface area contributed by atoms with Gasteiger partial charge >= 0.3 is 0 Å². The number of nitro groups is 2. The van der Waals surface area contributed by atoms with Crippen molar-refractivity contribution >= 4 is 33.2 Å². The Morgan fingerprint density at radius 2 is 1.10 bits per heavy atom. The molecule has 4 aromatic rings. The Kier molecular flexibility index (Phi) is 6.46. The Bertz CT molecular complexity index is 1100. The van der Waals surface area contributed by atoms with Crippen molar-refractivity contribution in [3.63, 3.8) is 0 Å². The minimum absolute atomic E-state index is 0.132. The van der Waals surface area contributed by atoms with Crippen LogP contribution in [0, 0.1) is 20.2 Å². The molecule has 8 heteroatoms. The Labute approximate surface area is 173 Å². The maximum atomic E-state index is 10.6. The molecule has 0 bridgehead atoms. The van der Waals surface area contributed by atoms with Crippen LogP contribution in [-0.2, 0) is 12.8 Å². The van der Waals surface area contributed by atoms with E-state index in [4.69, 9.17) is 0 Å². The molecule has 30 heavy (non-hydrogen) atoms. The van der Waals surface area contributed by atoms with Crippen molar-refractivity contribution in [2.24, 2.45) is 0 Å². The van der Waals surface area contributed by atoms with Gasteiger partial charge < -0.3 is 9.97 Å². The zero-order valence-corrected chi connectivity index (χ0v) is 17.0. The van der Waals surface area contributed by atoms with Crippen molar-refractivity contribution in [1.29, 1.82) is 0 Å². The molecular weight excluding hydrogens is 384 g/mol. The summed E-state index contributed by atoms with van der Waals surface area (Å²) in [6.07, 6.45) is 4.08. The molecule has 8 nitrogen and oxygen atoms in total. The molecule has 156 valence electrons. The quantitative estimate of drug-likeness (QED) is 0.298. The number of H-pyrrole nitrogens is 2. The fraction of sp³-hybridized carbons (Fsp3) is 0.273. The van der Waals surface area contributed by atoms with Crippen molar-refractivity contribution in [3.8, 4) is 0 Å². The normalized spacial score (nSPS) is 10.7. The summed E-state index contributed by atoms with van der Waals surface area (Å²) in [5.74, 6) is 0. The highest BCUT2D eigenvalue weighted by molar-refractivity contribution is 5.83. The summed E-state index contributed by atoms with van der Waals surface area (Å²) in [5, 5.41) is 23.2. The van der Waals surface area contributed by atoms with E-state index < -0.39 is 0 Å². The zero-order valence-electron chi connectivity index (χ0n) is 17.0. The first-order valence-electron chi connectivity index (χ1n) is 9.93. The van der Waals surface area contributed by atoms with E-state index in [2.05, 4.69) is 23.8 Å². The number of benzene rings is 2. The van der Waals surface area contributed by atoms with E-state index in [-0.39, 0.29) is 21.2 Å². The lowest BCUT2D eigenvalue weighted by molar-refractivity contribution is -0.384. The molecule has 0 unspecified atom stereocenters. The molecule has 2 N–H and O–H groups in total. The molecule has 0 fully saturated rings. The van der Waals surface area contributed by atoms with Gasteiger partial charge in [0, 0.05) is 46.4 Å². The van der Waals surface area contributed by atoms with Crippen LogP contribution in [0.25, 0.3) is 21.8 Å². The Hall–Kier alpha value is -3.68. The summed E-state index contributed by atoms with van der Waals surface area (Å²) >= 11 is 0. The van der Waals surface area contributed by atoms with Gasteiger partial charge in [0.1, 0.15) is 0 Å². The molecule has 0 aliphatic rings. The standard InChI is InChI=1S/2C11H12N2O2/c2*1-2-3-9-6-8-4-5-10(13(14)15)7-11(8)12-9/h2*4-7,12H,2-3H2,1H3. The lowest BCUT2D eigenvalue weighted by atomic mass is 10.2. The average molecular weight is 408 g/mol. The van der Waals surface area contributed by atoms with Crippen molar-refractivity contribution < 1.29 is 9.85 Å². The molecule has 0 spiro atoms. The van der Waals surface area contributed by atoms with Gasteiger partial charge in [-0.1, -0.05) is 26.7 Å². The average Bonchev–Trinajstić information content (AvgIpc) is 3.30. The van der Waals surface area contributed by atoms with E-state index in [1.807, 2.05) is 12.1 Å². The number of aromatic nitrogens is 2. The van der Waals surface area contributed by atoms with E-state index in [9.17, 15) is 20.2 Å². The van der Waals surface area contributed by atoms with Crippen LogP contribution in [0.5, 0.6) is 0 Å². The van der Waals surface area contributed by atoms with Gasteiger partial charge in [-0.05, 0) is 37.1 Å². The van der Waals surface area contributed by atoms with Crippen LogP contribution in [-0.4, -0.2) is 19.8 Å². The van der Waals surface area contributed by atoms with Gasteiger partial charge in [0.25, 0.3) is 11.4 Å². The highest BCUT2D eigenvalue weighted by Crippen LogP contribution is 2.22. The highest BCUT2D eigenvalue weighted by atomic mass is 16.6. The number of nitrogens with zero attached hydrogens (tertiary/aromatic N) is 2. The van der Waals surface area contributed by atoms with Gasteiger partial charge in [0.2, 0.25) is 0 Å². The number of non-ortho nitro benzene ring substituents is 2. The summed E-state index contributed by atoms with van der Waals surface area (Å²) in [6.45, 7) is 4.21. The second kappa shape index (κ2) is 9.21. The fourth-order valence-corrected chi connectivity index (χ4v) is 3.39. The van der Waals surface area contributed by atoms with E-state index in [1.165, 1.54) is 12.1 Å². The second-order valence-electron chi connectivity index (χ2n) is 7.15. The van der Waals surface area contributed by atoms with Crippen molar-refractivity contribution in [2.75, 3.05) is 0 Å². The number of fused-ring (bicyclic) bond motifs is 2. The lowest BCUT2D eigenvalue weighted by Gasteiger charge is -1.91. The number of aromatic amines is 2. The largest absolute Gasteiger partial charge is 0.358 e. The zero-order chi connectivity index (χ0) is 21.7. The van der Waals surface area contributed by atoms with Crippen LogP contribution in [0.2, 0.25) is 0 Å². The van der Waals surface area contributed by atoms with Crippen LogP contribution in [0.1, 0.15) is 38.1 Å². The second-order valence-corrected chi connectivity index (χ2v) is 7.15. The smallest absolute Gasteiger partial charge is 0.271 e. The molecule has 0 saturated heterocycles. The number of hydrogen-bond acceptors (Lipinski definition) is 4.